The Morgan fingerprint density at radius 1 is 1.00 bits per heavy atom. The summed E-state index contributed by atoms with van der Waals surface area (Å²) >= 11 is 7.42. The predicted molar refractivity (Wildman–Crippen MR) is 104 cm³/mol. The molecule has 4 heterocycles. The highest BCUT2D eigenvalue weighted by molar-refractivity contribution is 9.12. The Labute approximate surface area is 173 Å². The molecule has 6 atom stereocenters. The van der Waals surface area contributed by atoms with Crippen LogP contribution in [0.5, 0.6) is 0 Å². The number of anilines is 1. The van der Waals surface area contributed by atoms with Gasteiger partial charge in [-0.3, -0.25) is 9.59 Å². The van der Waals surface area contributed by atoms with Gasteiger partial charge < -0.3 is 14.2 Å². The van der Waals surface area contributed by atoms with E-state index in [-0.39, 0.29) is 21.5 Å². The van der Waals surface area contributed by atoms with Crippen LogP contribution in [0.15, 0.2) is 24.3 Å². The molecule has 1 aromatic carbocycles. The first-order valence-corrected chi connectivity index (χ1v) is 10.8. The summed E-state index contributed by atoms with van der Waals surface area (Å²) in [5.41, 5.74) is -0.219. The molecule has 6 nitrogen and oxygen atoms in total. The molecular weight excluding hydrogens is 482 g/mol. The van der Waals surface area contributed by atoms with Crippen molar-refractivity contribution in [2.75, 3.05) is 18.1 Å². The van der Waals surface area contributed by atoms with Crippen molar-refractivity contribution in [3.05, 3.63) is 29.8 Å². The molecular formula is C19H19Br2NO5. The van der Waals surface area contributed by atoms with E-state index >= 15 is 0 Å². The smallest absolute Gasteiger partial charge is 0.240 e. The number of ether oxygens (including phenoxy) is 3. The maximum absolute atomic E-state index is 13.5. The fourth-order valence-electron chi connectivity index (χ4n) is 5.08. The molecule has 1 aromatic rings. The maximum Gasteiger partial charge on any atom is 0.240 e. The monoisotopic (exact) mass is 499 g/mol. The van der Waals surface area contributed by atoms with Gasteiger partial charge in [-0.05, 0) is 26.0 Å². The molecule has 27 heavy (non-hydrogen) atoms. The van der Waals surface area contributed by atoms with Gasteiger partial charge in [0.25, 0.3) is 0 Å². The molecule has 8 heteroatoms. The minimum Gasteiger partial charge on any atom is -0.359 e. The van der Waals surface area contributed by atoms with Gasteiger partial charge in [0, 0.05) is 0 Å². The number of nitrogens with zero attached hydrogens (tertiary/aromatic N) is 1. The third-order valence-corrected chi connectivity index (χ3v) is 9.72. The molecule has 0 aromatic heterocycles. The van der Waals surface area contributed by atoms with Gasteiger partial charge in [-0.2, -0.15) is 0 Å². The molecule has 6 unspecified atom stereocenters. The van der Waals surface area contributed by atoms with Crippen molar-refractivity contribution in [3.63, 3.8) is 0 Å². The second kappa shape index (κ2) is 5.86. The van der Waals surface area contributed by atoms with Crippen LogP contribution in [0.2, 0.25) is 0 Å². The number of carbonyl (C=O) groups excluding carboxylic acids is 2. The van der Waals surface area contributed by atoms with E-state index in [4.69, 9.17) is 14.2 Å². The van der Waals surface area contributed by atoms with E-state index < -0.39 is 29.3 Å². The number of aryl methyl sites for hydroxylation is 1. The SMILES string of the molecule is Cc1ccc(N2C(=O)C3C(C2=O)C2(C4OCCO4)OC3(C)C(Br)C2Br)cc1. The maximum atomic E-state index is 13.5. The molecule has 4 fully saturated rings. The first-order chi connectivity index (χ1) is 12.8. The summed E-state index contributed by atoms with van der Waals surface area (Å²) in [5.74, 6) is -1.71. The fourth-order valence-corrected chi connectivity index (χ4v) is 6.99. The zero-order chi connectivity index (χ0) is 19.1. The van der Waals surface area contributed by atoms with E-state index in [9.17, 15) is 9.59 Å². The molecule has 4 saturated heterocycles. The van der Waals surface area contributed by atoms with Crippen LogP contribution < -0.4 is 4.90 Å². The summed E-state index contributed by atoms with van der Waals surface area (Å²) in [4.78, 5) is 27.8. The van der Waals surface area contributed by atoms with E-state index in [1.807, 2.05) is 38.1 Å². The third kappa shape index (κ3) is 2.11. The zero-order valence-corrected chi connectivity index (χ0v) is 18.0. The topological polar surface area (TPSA) is 65.1 Å². The second-order valence-electron chi connectivity index (χ2n) is 7.82. The Kier molecular flexibility index (Phi) is 3.96. The van der Waals surface area contributed by atoms with Crippen LogP contribution in [0.4, 0.5) is 5.69 Å². The number of hydrogen-bond acceptors (Lipinski definition) is 5. The van der Waals surface area contributed by atoms with Gasteiger partial charge in [-0.1, -0.05) is 49.6 Å². The van der Waals surface area contributed by atoms with Gasteiger partial charge in [-0.15, -0.1) is 0 Å². The molecule has 0 aliphatic carbocycles. The van der Waals surface area contributed by atoms with Crippen LogP contribution in [0.1, 0.15) is 12.5 Å². The van der Waals surface area contributed by atoms with Crippen molar-refractivity contribution in [1.29, 1.82) is 0 Å². The van der Waals surface area contributed by atoms with Crippen LogP contribution >= 0.6 is 31.9 Å². The minimum absolute atomic E-state index is 0.159. The number of amides is 2. The Bertz CT molecular complexity index is 822. The number of halogens is 2. The normalized spacial score (nSPS) is 43.8. The van der Waals surface area contributed by atoms with E-state index in [0.717, 1.165) is 5.56 Å². The molecule has 5 rings (SSSR count). The molecule has 144 valence electrons. The van der Waals surface area contributed by atoms with Gasteiger partial charge in [-0.25, -0.2) is 4.90 Å². The fraction of sp³-hybridized carbons (Fsp3) is 0.579. The molecule has 0 spiro atoms. The Morgan fingerprint density at radius 2 is 1.59 bits per heavy atom. The number of benzene rings is 1. The summed E-state index contributed by atoms with van der Waals surface area (Å²) in [7, 11) is 0. The quantitative estimate of drug-likeness (QED) is 0.461. The van der Waals surface area contributed by atoms with Gasteiger partial charge in [0.1, 0.15) is 5.60 Å². The molecule has 0 saturated carbocycles. The van der Waals surface area contributed by atoms with Crippen LogP contribution in [-0.4, -0.2) is 52.2 Å². The summed E-state index contributed by atoms with van der Waals surface area (Å²) < 4.78 is 18.0. The molecule has 2 amide bonds. The Morgan fingerprint density at radius 3 is 2.22 bits per heavy atom. The predicted octanol–water partition coefficient (Wildman–Crippen LogP) is 2.54. The highest BCUT2D eigenvalue weighted by atomic mass is 79.9. The van der Waals surface area contributed by atoms with Crippen molar-refractivity contribution >= 4 is 49.4 Å². The van der Waals surface area contributed by atoms with Crippen LogP contribution in [0.3, 0.4) is 0 Å². The lowest BCUT2D eigenvalue weighted by molar-refractivity contribution is -0.200. The van der Waals surface area contributed by atoms with E-state index in [1.165, 1.54) is 4.90 Å². The Hall–Kier alpha value is -0.800. The van der Waals surface area contributed by atoms with Gasteiger partial charge in [0.2, 0.25) is 11.8 Å². The van der Waals surface area contributed by atoms with Crippen molar-refractivity contribution in [3.8, 4) is 0 Å². The zero-order valence-electron chi connectivity index (χ0n) is 14.9. The molecule has 4 aliphatic heterocycles. The van der Waals surface area contributed by atoms with Crippen LogP contribution in [-0.2, 0) is 23.8 Å². The average molecular weight is 501 g/mol. The van der Waals surface area contributed by atoms with E-state index in [0.29, 0.717) is 18.9 Å². The summed E-state index contributed by atoms with van der Waals surface area (Å²) in [6.45, 7) is 4.75. The van der Waals surface area contributed by atoms with Gasteiger partial charge in [0.05, 0.1) is 46.0 Å². The van der Waals surface area contributed by atoms with Crippen molar-refractivity contribution in [1.82, 2.24) is 0 Å². The average Bonchev–Trinajstić information content (AvgIpc) is 3.36. The second-order valence-corrected chi connectivity index (χ2v) is 9.79. The van der Waals surface area contributed by atoms with Crippen molar-refractivity contribution < 1.29 is 23.8 Å². The number of rotatable bonds is 2. The largest absolute Gasteiger partial charge is 0.359 e. The summed E-state index contributed by atoms with van der Waals surface area (Å²) in [6.07, 6.45) is -0.687. The summed E-state index contributed by atoms with van der Waals surface area (Å²) in [5, 5.41) is 0. The summed E-state index contributed by atoms with van der Waals surface area (Å²) in [6, 6.07) is 7.42. The highest BCUT2D eigenvalue weighted by Crippen LogP contribution is 2.66. The first kappa shape index (κ1) is 18.2. The number of alkyl halides is 2. The minimum atomic E-state index is -1.05. The lowest BCUT2D eigenvalue weighted by Gasteiger charge is -2.39. The number of carbonyl (C=O) groups is 2. The lowest BCUT2D eigenvalue weighted by atomic mass is 9.67. The van der Waals surface area contributed by atoms with Gasteiger partial charge in [0.15, 0.2) is 6.29 Å². The number of hydrogen-bond donors (Lipinski definition) is 0. The first-order valence-electron chi connectivity index (χ1n) is 8.98. The molecule has 2 bridgehead atoms. The van der Waals surface area contributed by atoms with Crippen LogP contribution in [0.25, 0.3) is 0 Å². The molecule has 4 aliphatic rings. The number of fused-ring (bicyclic) bond motifs is 5. The van der Waals surface area contributed by atoms with Crippen molar-refractivity contribution in [2.45, 2.75) is 41.0 Å². The standard InChI is InChI=1S/C19H19Br2NO5/c1-9-3-5-10(6-4-9)22-15(23)11-12(16(22)24)19(17-25-7-8-26-17)14(21)13(20)18(11,2)27-19/h3-6,11-14,17H,7-8H2,1-2H3. The van der Waals surface area contributed by atoms with E-state index in [1.54, 1.807) is 0 Å². The lowest BCUT2D eigenvalue weighted by Crippen LogP contribution is -2.59. The highest BCUT2D eigenvalue weighted by Gasteiger charge is 2.82. The van der Waals surface area contributed by atoms with Gasteiger partial charge >= 0.3 is 0 Å². The third-order valence-electron chi connectivity index (χ3n) is 6.32. The van der Waals surface area contributed by atoms with Crippen LogP contribution in [0, 0.1) is 18.8 Å². The number of imide groups is 1. The van der Waals surface area contributed by atoms with E-state index in [2.05, 4.69) is 31.9 Å². The molecule has 0 radical (unpaired) electrons. The Balaban J connectivity index is 1.63. The molecule has 0 N–H and O–H groups in total. The van der Waals surface area contributed by atoms with Crippen molar-refractivity contribution in [2.24, 2.45) is 11.8 Å².